The fraction of sp³-hybridized carbons (Fsp3) is 0.0833. The Morgan fingerprint density at radius 1 is 1.38 bits per heavy atom. The van der Waals surface area contributed by atoms with E-state index in [0.29, 0.717) is 17.1 Å². The van der Waals surface area contributed by atoms with Crippen LogP contribution in [-0.2, 0) is 0 Å². The summed E-state index contributed by atoms with van der Waals surface area (Å²) in [6.07, 6.45) is 3.21. The van der Waals surface area contributed by atoms with Gasteiger partial charge in [-0.15, -0.1) is 0 Å². The molecule has 1 aromatic heterocycles. The molecule has 2 rings (SSSR count). The molecule has 3 nitrogen and oxygen atoms in total. The Labute approximate surface area is 92.7 Å². The zero-order valence-corrected chi connectivity index (χ0v) is 8.77. The van der Waals surface area contributed by atoms with Gasteiger partial charge in [0, 0.05) is 12.3 Å². The van der Waals surface area contributed by atoms with E-state index in [-0.39, 0.29) is 11.5 Å². The summed E-state index contributed by atoms with van der Waals surface area (Å²) in [4.78, 5) is 3.91. The maximum Gasteiger partial charge on any atom is 0.150 e. The third-order valence-electron chi connectivity index (χ3n) is 2.15. The second kappa shape index (κ2) is 4.18. The molecule has 0 saturated heterocycles. The van der Waals surface area contributed by atoms with Crippen LogP contribution in [0.5, 0.6) is 11.5 Å². The van der Waals surface area contributed by atoms with Gasteiger partial charge in [0.15, 0.2) is 5.75 Å². The van der Waals surface area contributed by atoms with E-state index in [4.69, 9.17) is 10.5 Å². The van der Waals surface area contributed by atoms with Crippen molar-refractivity contribution in [3.05, 3.63) is 48.0 Å². The van der Waals surface area contributed by atoms with E-state index in [9.17, 15) is 4.39 Å². The SMILES string of the molecule is Cc1cc(Oc2cccnc2)c(N)cc1F. The normalized spacial score (nSPS) is 10.1. The minimum atomic E-state index is -0.337. The van der Waals surface area contributed by atoms with Crippen molar-refractivity contribution in [2.45, 2.75) is 6.92 Å². The van der Waals surface area contributed by atoms with E-state index < -0.39 is 0 Å². The maximum absolute atomic E-state index is 13.2. The van der Waals surface area contributed by atoms with Crippen molar-refractivity contribution in [1.82, 2.24) is 4.98 Å². The molecule has 0 amide bonds. The Balaban J connectivity index is 2.32. The lowest BCUT2D eigenvalue weighted by Gasteiger charge is -2.09. The predicted octanol–water partition coefficient (Wildman–Crippen LogP) is 2.90. The van der Waals surface area contributed by atoms with Crippen LogP contribution in [0.3, 0.4) is 0 Å². The van der Waals surface area contributed by atoms with Crippen LogP contribution in [0.2, 0.25) is 0 Å². The second-order valence-corrected chi connectivity index (χ2v) is 3.43. The number of ether oxygens (including phenoxy) is 1. The molecule has 0 spiro atoms. The van der Waals surface area contributed by atoms with Crippen LogP contribution in [-0.4, -0.2) is 4.98 Å². The van der Waals surface area contributed by atoms with Crippen LogP contribution in [0.4, 0.5) is 10.1 Å². The summed E-state index contributed by atoms with van der Waals surface area (Å²) in [6, 6.07) is 6.33. The quantitative estimate of drug-likeness (QED) is 0.788. The molecule has 0 saturated carbocycles. The predicted molar refractivity (Wildman–Crippen MR) is 59.9 cm³/mol. The molecule has 0 fully saturated rings. The standard InChI is InChI=1S/C12H11FN2O/c1-8-5-12(11(14)6-10(8)13)16-9-3-2-4-15-7-9/h2-7H,14H2,1H3. The molecule has 4 heteroatoms. The highest BCUT2D eigenvalue weighted by Crippen LogP contribution is 2.29. The number of nitrogen functional groups attached to an aromatic ring is 1. The number of hydrogen-bond donors (Lipinski definition) is 1. The van der Waals surface area contributed by atoms with Crippen molar-refractivity contribution in [2.24, 2.45) is 0 Å². The molecule has 0 aliphatic carbocycles. The van der Waals surface area contributed by atoms with Gasteiger partial charge in [0.25, 0.3) is 0 Å². The van der Waals surface area contributed by atoms with Crippen molar-refractivity contribution in [3.63, 3.8) is 0 Å². The van der Waals surface area contributed by atoms with Crippen LogP contribution >= 0.6 is 0 Å². The van der Waals surface area contributed by atoms with Crippen LogP contribution in [0.15, 0.2) is 36.7 Å². The largest absolute Gasteiger partial charge is 0.454 e. The highest BCUT2D eigenvalue weighted by Gasteiger charge is 2.06. The molecule has 16 heavy (non-hydrogen) atoms. The first-order valence-corrected chi connectivity index (χ1v) is 4.80. The summed E-state index contributed by atoms with van der Waals surface area (Å²) in [7, 11) is 0. The summed E-state index contributed by atoms with van der Waals surface area (Å²) < 4.78 is 18.6. The van der Waals surface area contributed by atoms with Gasteiger partial charge in [-0.05, 0) is 30.7 Å². The Morgan fingerprint density at radius 2 is 2.19 bits per heavy atom. The third kappa shape index (κ3) is 2.11. The average Bonchev–Trinajstić information content (AvgIpc) is 2.27. The molecule has 0 unspecified atom stereocenters. The number of rotatable bonds is 2. The Kier molecular flexibility index (Phi) is 2.72. The van der Waals surface area contributed by atoms with E-state index in [1.54, 1.807) is 37.5 Å². The molecular weight excluding hydrogens is 207 g/mol. The monoisotopic (exact) mass is 218 g/mol. The molecule has 0 aliphatic heterocycles. The molecule has 1 heterocycles. The highest BCUT2D eigenvalue weighted by atomic mass is 19.1. The first-order valence-electron chi connectivity index (χ1n) is 4.80. The van der Waals surface area contributed by atoms with E-state index >= 15 is 0 Å². The molecule has 1 aromatic carbocycles. The lowest BCUT2D eigenvalue weighted by molar-refractivity contribution is 0.480. The van der Waals surface area contributed by atoms with Crippen molar-refractivity contribution in [2.75, 3.05) is 5.73 Å². The number of benzene rings is 1. The minimum absolute atomic E-state index is 0.270. The summed E-state index contributed by atoms with van der Waals surface area (Å²) in [5.74, 6) is 0.670. The molecule has 2 N–H and O–H groups in total. The van der Waals surface area contributed by atoms with Crippen LogP contribution < -0.4 is 10.5 Å². The van der Waals surface area contributed by atoms with Crippen LogP contribution in [0.25, 0.3) is 0 Å². The minimum Gasteiger partial charge on any atom is -0.454 e. The lowest BCUT2D eigenvalue weighted by Crippen LogP contribution is -1.95. The van der Waals surface area contributed by atoms with Gasteiger partial charge >= 0.3 is 0 Å². The molecule has 0 atom stereocenters. The number of nitrogens with two attached hydrogens (primary N) is 1. The zero-order valence-electron chi connectivity index (χ0n) is 8.77. The maximum atomic E-state index is 13.2. The Hall–Kier alpha value is -2.10. The Morgan fingerprint density at radius 3 is 2.88 bits per heavy atom. The van der Waals surface area contributed by atoms with E-state index in [2.05, 4.69) is 4.98 Å². The summed E-state index contributed by atoms with van der Waals surface area (Å²) in [6.45, 7) is 1.66. The molecule has 0 aliphatic rings. The first-order chi connectivity index (χ1) is 7.66. The van der Waals surface area contributed by atoms with Gasteiger partial charge in [0.2, 0.25) is 0 Å². The zero-order chi connectivity index (χ0) is 11.5. The highest BCUT2D eigenvalue weighted by molar-refractivity contribution is 5.55. The van der Waals surface area contributed by atoms with E-state index in [1.807, 2.05) is 0 Å². The fourth-order valence-corrected chi connectivity index (χ4v) is 1.29. The summed E-state index contributed by atoms with van der Waals surface area (Å²) >= 11 is 0. The molecule has 0 radical (unpaired) electrons. The Bertz CT molecular complexity index is 500. The van der Waals surface area contributed by atoms with Crippen molar-refractivity contribution in [3.8, 4) is 11.5 Å². The second-order valence-electron chi connectivity index (χ2n) is 3.43. The van der Waals surface area contributed by atoms with E-state index in [0.717, 1.165) is 0 Å². The molecule has 0 bridgehead atoms. The van der Waals surface area contributed by atoms with Gasteiger partial charge in [-0.1, -0.05) is 0 Å². The van der Waals surface area contributed by atoms with Gasteiger partial charge in [0.1, 0.15) is 11.6 Å². The number of aryl methyl sites for hydroxylation is 1. The number of halogens is 1. The van der Waals surface area contributed by atoms with Crippen LogP contribution in [0.1, 0.15) is 5.56 Å². The summed E-state index contributed by atoms with van der Waals surface area (Å²) in [5.41, 5.74) is 6.42. The third-order valence-corrected chi connectivity index (χ3v) is 2.15. The van der Waals surface area contributed by atoms with Gasteiger partial charge < -0.3 is 10.5 Å². The number of aromatic nitrogens is 1. The van der Waals surface area contributed by atoms with Gasteiger partial charge in [-0.3, -0.25) is 4.98 Å². The smallest absolute Gasteiger partial charge is 0.150 e. The van der Waals surface area contributed by atoms with Crippen molar-refractivity contribution in [1.29, 1.82) is 0 Å². The lowest BCUT2D eigenvalue weighted by atomic mass is 10.2. The van der Waals surface area contributed by atoms with Gasteiger partial charge in [-0.25, -0.2) is 4.39 Å². The fourth-order valence-electron chi connectivity index (χ4n) is 1.29. The number of hydrogen-bond acceptors (Lipinski definition) is 3. The van der Waals surface area contributed by atoms with E-state index in [1.165, 1.54) is 6.07 Å². The average molecular weight is 218 g/mol. The van der Waals surface area contributed by atoms with Gasteiger partial charge in [0.05, 0.1) is 11.9 Å². The van der Waals surface area contributed by atoms with Crippen LogP contribution in [0, 0.1) is 12.7 Å². The topological polar surface area (TPSA) is 48.1 Å². The number of anilines is 1. The van der Waals surface area contributed by atoms with Gasteiger partial charge in [-0.2, -0.15) is 0 Å². The molecular formula is C12H11FN2O. The van der Waals surface area contributed by atoms with Crippen molar-refractivity contribution >= 4 is 5.69 Å². The summed E-state index contributed by atoms with van der Waals surface area (Å²) in [5, 5.41) is 0. The van der Waals surface area contributed by atoms with Crippen molar-refractivity contribution < 1.29 is 9.13 Å². The number of nitrogens with zero attached hydrogens (tertiary/aromatic N) is 1. The number of pyridine rings is 1. The first kappa shape index (κ1) is 10.4. The molecule has 2 aromatic rings. The molecule has 82 valence electrons.